The van der Waals surface area contributed by atoms with Crippen molar-refractivity contribution in [2.75, 3.05) is 11.9 Å². The van der Waals surface area contributed by atoms with E-state index in [2.05, 4.69) is 26.6 Å². The summed E-state index contributed by atoms with van der Waals surface area (Å²) in [5, 5.41) is 5.88. The summed E-state index contributed by atoms with van der Waals surface area (Å²) in [7, 11) is 0. The van der Waals surface area contributed by atoms with Crippen LogP contribution in [0.2, 0.25) is 5.02 Å². The molecule has 2 N–H and O–H groups in total. The molecule has 0 aliphatic rings. The van der Waals surface area contributed by atoms with Gasteiger partial charge < -0.3 is 10.6 Å². The summed E-state index contributed by atoms with van der Waals surface area (Å²) in [6.45, 7) is 2.65. The molecule has 0 saturated heterocycles. The first-order valence-electron chi connectivity index (χ1n) is 4.63. The van der Waals surface area contributed by atoms with E-state index in [9.17, 15) is 4.79 Å². The third-order valence-electron chi connectivity index (χ3n) is 1.71. The first-order valence-corrected chi connectivity index (χ1v) is 5.80. The molecule has 1 aromatic carbocycles. The number of amides is 2. The first kappa shape index (κ1) is 12.3. The smallest absolute Gasteiger partial charge is 0.319 e. The van der Waals surface area contributed by atoms with Crippen LogP contribution in [-0.2, 0) is 0 Å². The molecule has 0 unspecified atom stereocenters. The number of anilines is 1. The van der Waals surface area contributed by atoms with E-state index >= 15 is 0 Å². The minimum absolute atomic E-state index is 0.235. The minimum atomic E-state index is -0.235. The monoisotopic (exact) mass is 290 g/mol. The molecule has 0 heterocycles. The molecule has 0 bridgehead atoms. The number of benzene rings is 1. The lowest BCUT2D eigenvalue weighted by atomic mass is 10.3. The largest absolute Gasteiger partial charge is 0.338 e. The fraction of sp³-hybridized carbons (Fsp3) is 0.300. The van der Waals surface area contributed by atoms with Gasteiger partial charge in [-0.1, -0.05) is 34.5 Å². The number of nitrogens with one attached hydrogen (secondary N) is 2. The number of carbonyl (C=O) groups is 1. The Labute approximate surface area is 102 Å². The van der Waals surface area contributed by atoms with Crippen molar-refractivity contribution in [2.45, 2.75) is 13.3 Å². The Kier molecular flexibility index (Phi) is 4.91. The maximum Gasteiger partial charge on any atom is 0.319 e. The van der Waals surface area contributed by atoms with Crippen LogP contribution in [0.15, 0.2) is 22.7 Å². The summed E-state index contributed by atoms with van der Waals surface area (Å²) < 4.78 is 0.881. The number of rotatable bonds is 3. The average Bonchev–Trinajstić information content (AvgIpc) is 2.19. The van der Waals surface area contributed by atoms with E-state index in [1.54, 1.807) is 12.1 Å². The molecular formula is C10H12BrClN2O. The van der Waals surface area contributed by atoms with Crippen LogP contribution in [0, 0.1) is 0 Å². The molecule has 0 spiro atoms. The van der Waals surface area contributed by atoms with E-state index in [4.69, 9.17) is 11.6 Å². The second-order valence-corrected chi connectivity index (χ2v) is 4.33. The van der Waals surface area contributed by atoms with Crippen molar-refractivity contribution >= 4 is 39.2 Å². The molecule has 0 fully saturated rings. The molecule has 0 saturated carbocycles. The van der Waals surface area contributed by atoms with Gasteiger partial charge in [0, 0.05) is 11.0 Å². The van der Waals surface area contributed by atoms with E-state index < -0.39 is 0 Å². The molecular weight excluding hydrogens is 279 g/mol. The number of hydrogen-bond acceptors (Lipinski definition) is 1. The summed E-state index contributed by atoms with van der Waals surface area (Å²) in [5.41, 5.74) is 0.605. The lowest BCUT2D eigenvalue weighted by Crippen LogP contribution is -2.29. The lowest BCUT2D eigenvalue weighted by Gasteiger charge is -2.08. The molecule has 1 aromatic rings. The normalized spacial score (nSPS) is 9.80. The molecule has 0 aliphatic heterocycles. The number of urea groups is 1. The highest BCUT2D eigenvalue weighted by atomic mass is 79.9. The summed E-state index contributed by atoms with van der Waals surface area (Å²) >= 11 is 9.23. The van der Waals surface area contributed by atoms with Gasteiger partial charge in [-0.25, -0.2) is 4.79 Å². The van der Waals surface area contributed by atoms with Gasteiger partial charge in [-0.05, 0) is 24.6 Å². The Balaban J connectivity index is 2.60. The van der Waals surface area contributed by atoms with Crippen LogP contribution in [0.4, 0.5) is 10.5 Å². The van der Waals surface area contributed by atoms with Gasteiger partial charge in [0.15, 0.2) is 0 Å². The molecule has 5 heteroatoms. The van der Waals surface area contributed by atoms with Crippen molar-refractivity contribution in [3.63, 3.8) is 0 Å². The predicted octanol–water partition coefficient (Wildman–Crippen LogP) is 3.63. The quantitative estimate of drug-likeness (QED) is 0.877. The maximum absolute atomic E-state index is 11.3. The van der Waals surface area contributed by atoms with E-state index in [0.29, 0.717) is 17.3 Å². The fourth-order valence-electron chi connectivity index (χ4n) is 0.996. The molecule has 0 radical (unpaired) electrons. The number of hydrogen-bond donors (Lipinski definition) is 2. The average molecular weight is 292 g/mol. The SMILES string of the molecule is CCCNC(=O)Nc1ccc(Br)cc1Cl. The zero-order valence-corrected chi connectivity index (χ0v) is 10.7. The van der Waals surface area contributed by atoms with E-state index in [1.165, 1.54) is 0 Å². The van der Waals surface area contributed by atoms with Crippen LogP contribution in [0.5, 0.6) is 0 Å². The van der Waals surface area contributed by atoms with E-state index in [1.807, 2.05) is 13.0 Å². The highest BCUT2D eigenvalue weighted by molar-refractivity contribution is 9.10. The predicted molar refractivity (Wildman–Crippen MR) is 66.5 cm³/mol. The first-order chi connectivity index (χ1) is 7.13. The Morgan fingerprint density at radius 1 is 1.53 bits per heavy atom. The third-order valence-corrected chi connectivity index (χ3v) is 2.52. The molecule has 3 nitrogen and oxygen atoms in total. The molecule has 0 aromatic heterocycles. The fourth-order valence-corrected chi connectivity index (χ4v) is 1.72. The van der Waals surface area contributed by atoms with Crippen molar-refractivity contribution in [3.8, 4) is 0 Å². The minimum Gasteiger partial charge on any atom is -0.338 e. The number of halogens is 2. The van der Waals surface area contributed by atoms with Crippen LogP contribution < -0.4 is 10.6 Å². The Morgan fingerprint density at radius 3 is 2.87 bits per heavy atom. The summed E-state index contributed by atoms with van der Waals surface area (Å²) in [4.78, 5) is 11.3. The lowest BCUT2D eigenvalue weighted by molar-refractivity contribution is 0.252. The van der Waals surface area contributed by atoms with Crippen molar-refractivity contribution in [1.82, 2.24) is 5.32 Å². The van der Waals surface area contributed by atoms with Crippen molar-refractivity contribution < 1.29 is 4.79 Å². The topological polar surface area (TPSA) is 41.1 Å². The zero-order chi connectivity index (χ0) is 11.3. The van der Waals surface area contributed by atoms with Gasteiger partial charge in [-0.3, -0.25) is 0 Å². The van der Waals surface area contributed by atoms with E-state index in [0.717, 1.165) is 10.9 Å². The van der Waals surface area contributed by atoms with Crippen LogP contribution in [0.3, 0.4) is 0 Å². The maximum atomic E-state index is 11.3. The van der Waals surface area contributed by atoms with Crippen molar-refractivity contribution in [1.29, 1.82) is 0 Å². The molecule has 0 atom stereocenters. The van der Waals surface area contributed by atoms with E-state index in [-0.39, 0.29) is 6.03 Å². The van der Waals surface area contributed by atoms with Crippen LogP contribution >= 0.6 is 27.5 Å². The van der Waals surface area contributed by atoms with Gasteiger partial charge in [0.25, 0.3) is 0 Å². The van der Waals surface area contributed by atoms with Gasteiger partial charge in [-0.2, -0.15) is 0 Å². The van der Waals surface area contributed by atoms with Gasteiger partial charge in [0.1, 0.15) is 0 Å². The molecule has 82 valence electrons. The molecule has 2 amide bonds. The van der Waals surface area contributed by atoms with Crippen molar-refractivity contribution in [2.24, 2.45) is 0 Å². The highest BCUT2D eigenvalue weighted by Crippen LogP contribution is 2.25. The zero-order valence-electron chi connectivity index (χ0n) is 8.31. The second kappa shape index (κ2) is 5.98. The van der Waals surface area contributed by atoms with Crippen LogP contribution in [-0.4, -0.2) is 12.6 Å². The Bertz CT molecular complexity index is 357. The summed E-state index contributed by atoms with van der Waals surface area (Å²) in [5.74, 6) is 0. The summed E-state index contributed by atoms with van der Waals surface area (Å²) in [6.07, 6.45) is 0.904. The molecule has 15 heavy (non-hydrogen) atoms. The third kappa shape index (κ3) is 4.10. The Hall–Kier alpha value is -0.740. The van der Waals surface area contributed by atoms with Gasteiger partial charge >= 0.3 is 6.03 Å². The molecule has 1 rings (SSSR count). The standard InChI is InChI=1S/C10H12BrClN2O/c1-2-5-13-10(15)14-9-4-3-7(11)6-8(9)12/h3-4,6H,2,5H2,1H3,(H2,13,14,15). The van der Waals surface area contributed by atoms with Gasteiger partial charge in [0.05, 0.1) is 10.7 Å². The highest BCUT2D eigenvalue weighted by Gasteiger charge is 2.04. The molecule has 0 aliphatic carbocycles. The number of carbonyl (C=O) groups excluding carboxylic acids is 1. The van der Waals surface area contributed by atoms with Gasteiger partial charge in [-0.15, -0.1) is 0 Å². The van der Waals surface area contributed by atoms with Crippen LogP contribution in [0.1, 0.15) is 13.3 Å². The van der Waals surface area contributed by atoms with Crippen LogP contribution in [0.25, 0.3) is 0 Å². The summed E-state index contributed by atoms with van der Waals surface area (Å²) in [6, 6.07) is 5.07. The second-order valence-electron chi connectivity index (χ2n) is 3.01. The van der Waals surface area contributed by atoms with Gasteiger partial charge in [0.2, 0.25) is 0 Å². The van der Waals surface area contributed by atoms with Crippen molar-refractivity contribution in [3.05, 3.63) is 27.7 Å². The Morgan fingerprint density at radius 2 is 2.27 bits per heavy atom.